The third kappa shape index (κ3) is 14.2. The highest BCUT2D eigenvalue weighted by molar-refractivity contribution is 5.75. The van der Waals surface area contributed by atoms with Gasteiger partial charge in [-0.1, -0.05) is 67.7 Å². The van der Waals surface area contributed by atoms with Gasteiger partial charge in [-0.3, -0.25) is 4.79 Å². The number of amides is 1. The molecular formula is C24H37NO3. The largest absolute Gasteiger partial charge is 0.395 e. The van der Waals surface area contributed by atoms with E-state index in [1.807, 2.05) is 6.08 Å². The summed E-state index contributed by atoms with van der Waals surface area (Å²) in [7, 11) is 0. The number of carbonyl (C=O) groups is 1. The third-order valence-electron chi connectivity index (χ3n) is 4.35. The summed E-state index contributed by atoms with van der Waals surface area (Å²) in [5.74, 6) is -0.0116. The normalized spacial score (nSPS) is 19.8. The molecule has 2 atom stereocenters. The lowest BCUT2D eigenvalue weighted by molar-refractivity contribution is -0.121. The SMILES string of the molecule is CCC1OC1CC=CCC=CCC=CCC=CCC=CCCC(=O)NCCO. The van der Waals surface area contributed by atoms with Crippen molar-refractivity contribution in [1.29, 1.82) is 0 Å². The number of hydrogen-bond acceptors (Lipinski definition) is 3. The fourth-order valence-electron chi connectivity index (χ4n) is 2.68. The van der Waals surface area contributed by atoms with Crippen LogP contribution in [0, 0.1) is 0 Å². The molecule has 1 heterocycles. The van der Waals surface area contributed by atoms with Gasteiger partial charge in [0, 0.05) is 13.0 Å². The summed E-state index contributed by atoms with van der Waals surface area (Å²) in [5, 5.41) is 11.2. The molecular weight excluding hydrogens is 350 g/mol. The first-order chi connectivity index (χ1) is 13.8. The summed E-state index contributed by atoms with van der Waals surface area (Å²) >= 11 is 0. The average molecular weight is 388 g/mol. The number of aliphatic hydroxyl groups excluding tert-OH is 1. The van der Waals surface area contributed by atoms with Gasteiger partial charge < -0.3 is 15.2 Å². The smallest absolute Gasteiger partial charge is 0.220 e. The van der Waals surface area contributed by atoms with Crippen molar-refractivity contribution in [2.75, 3.05) is 13.2 Å². The van der Waals surface area contributed by atoms with Crippen molar-refractivity contribution >= 4 is 5.91 Å². The van der Waals surface area contributed by atoms with Crippen LogP contribution >= 0.6 is 0 Å². The second kappa shape index (κ2) is 17.2. The molecule has 2 N–H and O–H groups in total. The summed E-state index contributed by atoms with van der Waals surface area (Å²) in [4.78, 5) is 11.3. The van der Waals surface area contributed by atoms with Crippen LogP contribution < -0.4 is 5.32 Å². The fourth-order valence-corrected chi connectivity index (χ4v) is 2.68. The molecule has 0 spiro atoms. The van der Waals surface area contributed by atoms with Gasteiger partial charge in [0.05, 0.1) is 18.8 Å². The number of nitrogens with one attached hydrogen (secondary N) is 1. The summed E-state index contributed by atoms with van der Waals surface area (Å²) in [5.41, 5.74) is 0. The summed E-state index contributed by atoms with van der Waals surface area (Å²) < 4.78 is 5.50. The van der Waals surface area contributed by atoms with Crippen molar-refractivity contribution in [1.82, 2.24) is 5.32 Å². The van der Waals surface area contributed by atoms with Gasteiger partial charge in [0.1, 0.15) is 0 Å². The molecule has 4 nitrogen and oxygen atoms in total. The second-order valence-electron chi connectivity index (χ2n) is 6.77. The maximum atomic E-state index is 11.3. The predicted molar refractivity (Wildman–Crippen MR) is 117 cm³/mol. The Bertz CT molecular complexity index is 546. The van der Waals surface area contributed by atoms with E-state index in [4.69, 9.17) is 9.84 Å². The number of allylic oxidation sites excluding steroid dienone is 9. The van der Waals surface area contributed by atoms with Gasteiger partial charge in [-0.25, -0.2) is 0 Å². The molecule has 0 aliphatic carbocycles. The Labute approximate surface area is 170 Å². The maximum Gasteiger partial charge on any atom is 0.220 e. The van der Waals surface area contributed by atoms with E-state index in [2.05, 4.69) is 66.9 Å². The monoisotopic (exact) mass is 387 g/mol. The van der Waals surface area contributed by atoms with Gasteiger partial charge in [0.25, 0.3) is 0 Å². The molecule has 0 aromatic heterocycles. The Morgan fingerprint density at radius 1 is 0.857 bits per heavy atom. The Kier molecular flexibility index (Phi) is 14.8. The zero-order chi connectivity index (χ0) is 20.3. The molecule has 0 radical (unpaired) electrons. The van der Waals surface area contributed by atoms with E-state index >= 15 is 0 Å². The van der Waals surface area contributed by atoms with E-state index in [1.54, 1.807) is 0 Å². The van der Waals surface area contributed by atoms with Crippen LogP contribution in [-0.4, -0.2) is 36.4 Å². The molecule has 1 rings (SSSR count). The Morgan fingerprint density at radius 2 is 1.39 bits per heavy atom. The van der Waals surface area contributed by atoms with Gasteiger partial charge >= 0.3 is 0 Å². The van der Waals surface area contributed by atoms with E-state index in [9.17, 15) is 4.79 Å². The van der Waals surface area contributed by atoms with Gasteiger partial charge in [-0.05, 0) is 44.9 Å². The summed E-state index contributed by atoms with van der Waals surface area (Å²) in [6.07, 6.45) is 29.8. The van der Waals surface area contributed by atoms with Crippen LogP contribution in [0.2, 0.25) is 0 Å². The van der Waals surface area contributed by atoms with Crippen molar-refractivity contribution in [2.45, 2.75) is 70.5 Å². The molecule has 4 heteroatoms. The minimum atomic E-state index is -0.0116. The fraction of sp³-hybridized carbons (Fsp3) is 0.542. The highest BCUT2D eigenvalue weighted by Crippen LogP contribution is 2.28. The molecule has 2 unspecified atom stereocenters. The number of aliphatic hydroxyl groups is 1. The number of epoxide rings is 1. The number of rotatable bonds is 16. The Hall–Kier alpha value is -1.91. The topological polar surface area (TPSA) is 61.9 Å². The molecule has 1 saturated heterocycles. The zero-order valence-electron chi connectivity index (χ0n) is 17.3. The lowest BCUT2D eigenvalue weighted by atomic mass is 10.2. The standard InChI is InChI=1S/C24H37NO3/c1-2-22-23(28-22)18-16-14-12-10-8-6-4-3-5-7-9-11-13-15-17-19-24(27)25-20-21-26/h3-4,7-10,13-16,22-23,26H,2,5-6,11-12,17-21H2,1H3,(H,25,27). The molecule has 156 valence electrons. The molecule has 0 bridgehead atoms. The number of hydrogen-bond donors (Lipinski definition) is 2. The van der Waals surface area contributed by atoms with Crippen molar-refractivity contribution in [3.63, 3.8) is 0 Å². The van der Waals surface area contributed by atoms with Gasteiger partial charge in [-0.2, -0.15) is 0 Å². The molecule has 1 aliphatic rings. The van der Waals surface area contributed by atoms with E-state index in [0.717, 1.165) is 44.9 Å². The first-order valence-electron chi connectivity index (χ1n) is 10.6. The van der Waals surface area contributed by atoms with Gasteiger partial charge in [0.15, 0.2) is 0 Å². The van der Waals surface area contributed by atoms with Crippen molar-refractivity contribution in [3.05, 3.63) is 60.8 Å². The number of carbonyl (C=O) groups excluding carboxylic acids is 1. The van der Waals surface area contributed by atoms with Crippen LogP contribution in [0.4, 0.5) is 0 Å². The van der Waals surface area contributed by atoms with Crippen LogP contribution in [0.1, 0.15) is 58.3 Å². The molecule has 0 aromatic rings. The van der Waals surface area contributed by atoms with Gasteiger partial charge in [-0.15, -0.1) is 0 Å². The van der Waals surface area contributed by atoms with Gasteiger partial charge in [0.2, 0.25) is 5.91 Å². The highest BCUT2D eigenvalue weighted by Gasteiger charge is 2.35. The van der Waals surface area contributed by atoms with Crippen LogP contribution in [0.15, 0.2) is 60.8 Å². The van der Waals surface area contributed by atoms with Crippen LogP contribution in [0.3, 0.4) is 0 Å². The molecule has 1 fully saturated rings. The first kappa shape index (κ1) is 24.1. The molecule has 1 aliphatic heterocycles. The van der Waals surface area contributed by atoms with Crippen molar-refractivity contribution < 1.29 is 14.6 Å². The maximum absolute atomic E-state index is 11.3. The van der Waals surface area contributed by atoms with E-state index in [0.29, 0.717) is 25.2 Å². The molecule has 0 aromatic carbocycles. The zero-order valence-corrected chi connectivity index (χ0v) is 17.3. The van der Waals surface area contributed by atoms with Crippen LogP contribution in [-0.2, 0) is 9.53 Å². The predicted octanol–water partition coefficient (Wildman–Crippen LogP) is 4.78. The minimum absolute atomic E-state index is 0.00943. The molecule has 1 amide bonds. The van der Waals surface area contributed by atoms with E-state index in [1.165, 1.54) is 0 Å². The molecule has 28 heavy (non-hydrogen) atoms. The number of ether oxygens (including phenoxy) is 1. The lowest BCUT2D eigenvalue weighted by Gasteiger charge is -1.99. The minimum Gasteiger partial charge on any atom is -0.395 e. The van der Waals surface area contributed by atoms with E-state index < -0.39 is 0 Å². The van der Waals surface area contributed by atoms with Crippen molar-refractivity contribution in [3.8, 4) is 0 Å². The first-order valence-corrected chi connectivity index (χ1v) is 10.6. The highest BCUT2D eigenvalue weighted by atomic mass is 16.6. The molecule has 0 saturated carbocycles. The summed E-state index contributed by atoms with van der Waals surface area (Å²) in [6.45, 7) is 2.50. The Morgan fingerprint density at radius 3 is 1.89 bits per heavy atom. The Balaban J connectivity index is 1.90. The van der Waals surface area contributed by atoms with E-state index in [-0.39, 0.29) is 12.5 Å². The van der Waals surface area contributed by atoms with Crippen LogP contribution in [0.25, 0.3) is 0 Å². The van der Waals surface area contributed by atoms with Crippen molar-refractivity contribution in [2.24, 2.45) is 0 Å². The van der Waals surface area contributed by atoms with Crippen LogP contribution in [0.5, 0.6) is 0 Å². The second-order valence-corrected chi connectivity index (χ2v) is 6.77. The quantitative estimate of drug-likeness (QED) is 0.296. The third-order valence-corrected chi connectivity index (χ3v) is 4.35. The summed E-state index contributed by atoms with van der Waals surface area (Å²) in [6, 6.07) is 0. The lowest BCUT2D eigenvalue weighted by Crippen LogP contribution is -2.25. The average Bonchev–Trinajstić information content (AvgIpc) is 3.47.